The van der Waals surface area contributed by atoms with Crippen LogP contribution in [-0.2, 0) is 9.59 Å². The van der Waals surface area contributed by atoms with Gasteiger partial charge < -0.3 is 25.0 Å². The highest BCUT2D eigenvalue weighted by Gasteiger charge is 2.30. The van der Waals surface area contributed by atoms with E-state index in [4.69, 9.17) is 9.47 Å². The van der Waals surface area contributed by atoms with E-state index in [0.29, 0.717) is 36.6 Å². The van der Waals surface area contributed by atoms with Gasteiger partial charge in [-0.1, -0.05) is 0 Å². The SMILES string of the molecule is COc1ccc(OC)c(NC(=O)C2CCC(C(=O)NCCCN(C)C)CC2)c1. The molecule has 0 saturated heterocycles. The lowest BCUT2D eigenvalue weighted by Crippen LogP contribution is -2.36. The minimum Gasteiger partial charge on any atom is -0.497 e. The van der Waals surface area contributed by atoms with E-state index in [1.807, 2.05) is 14.1 Å². The summed E-state index contributed by atoms with van der Waals surface area (Å²) in [5.41, 5.74) is 0.604. The largest absolute Gasteiger partial charge is 0.497 e. The van der Waals surface area contributed by atoms with Gasteiger partial charge in [-0.05, 0) is 64.9 Å². The first kappa shape index (κ1) is 22.0. The van der Waals surface area contributed by atoms with E-state index in [1.54, 1.807) is 32.4 Å². The van der Waals surface area contributed by atoms with Crippen LogP contribution in [0.3, 0.4) is 0 Å². The molecular formula is C21H33N3O4. The molecule has 7 heteroatoms. The summed E-state index contributed by atoms with van der Waals surface area (Å²) in [6.45, 7) is 1.66. The number of carbonyl (C=O) groups excluding carboxylic acids is 2. The first-order valence-corrected chi connectivity index (χ1v) is 9.90. The van der Waals surface area contributed by atoms with Gasteiger partial charge in [0.15, 0.2) is 0 Å². The second-order valence-electron chi connectivity index (χ2n) is 7.55. The molecule has 1 aliphatic rings. The molecule has 1 aliphatic carbocycles. The summed E-state index contributed by atoms with van der Waals surface area (Å²) < 4.78 is 10.5. The molecule has 0 heterocycles. The van der Waals surface area contributed by atoms with Crippen LogP contribution in [0.4, 0.5) is 5.69 Å². The van der Waals surface area contributed by atoms with E-state index >= 15 is 0 Å². The van der Waals surface area contributed by atoms with Gasteiger partial charge in [0.1, 0.15) is 11.5 Å². The van der Waals surface area contributed by atoms with Crippen molar-refractivity contribution in [1.82, 2.24) is 10.2 Å². The summed E-state index contributed by atoms with van der Waals surface area (Å²) in [5, 5.41) is 5.98. The maximum Gasteiger partial charge on any atom is 0.227 e. The standard InChI is InChI=1S/C21H33N3O4/c1-24(2)13-5-12-22-20(25)15-6-8-16(9-7-15)21(26)23-18-14-17(27-3)10-11-19(18)28-4/h10-11,14-16H,5-9,12-13H2,1-4H3,(H,22,25)(H,23,26). The molecule has 0 bridgehead atoms. The normalized spacial score (nSPS) is 19.2. The fourth-order valence-electron chi connectivity index (χ4n) is 3.52. The summed E-state index contributed by atoms with van der Waals surface area (Å²) in [6.07, 6.45) is 3.86. The van der Waals surface area contributed by atoms with Gasteiger partial charge in [-0.25, -0.2) is 0 Å². The highest BCUT2D eigenvalue weighted by Crippen LogP contribution is 2.33. The number of hydrogen-bond donors (Lipinski definition) is 2. The molecule has 2 amide bonds. The van der Waals surface area contributed by atoms with Crippen molar-refractivity contribution in [2.45, 2.75) is 32.1 Å². The molecule has 0 unspecified atom stereocenters. The summed E-state index contributed by atoms with van der Waals surface area (Å²) in [7, 11) is 7.20. The predicted molar refractivity (Wildman–Crippen MR) is 110 cm³/mol. The highest BCUT2D eigenvalue weighted by molar-refractivity contribution is 5.94. The third-order valence-electron chi connectivity index (χ3n) is 5.21. The quantitative estimate of drug-likeness (QED) is 0.633. The van der Waals surface area contributed by atoms with E-state index in [0.717, 1.165) is 25.8 Å². The molecular weight excluding hydrogens is 358 g/mol. The lowest BCUT2D eigenvalue weighted by molar-refractivity contribution is -0.128. The molecule has 28 heavy (non-hydrogen) atoms. The Kier molecular flexibility index (Phi) is 8.57. The van der Waals surface area contributed by atoms with Crippen LogP contribution < -0.4 is 20.1 Å². The van der Waals surface area contributed by atoms with Gasteiger partial charge in [-0.3, -0.25) is 9.59 Å². The Labute approximate surface area is 167 Å². The smallest absolute Gasteiger partial charge is 0.227 e. The molecule has 7 nitrogen and oxygen atoms in total. The number of nitrogens with one attached hydrogen (secondary N) is 2. The number of carbonyl (C=O) groups is 2. The molecule has 1 saturated carbocycles. The Morgan fingerprint density at radius 2 is 1.68 bits per heavy atom. The molecule has 0 aromatic heterocycles. The van der Waals surface area contributed by atoms with Crippen LogP contribution in [-0.4, -0.2) is 58.1 Å². The van der Waals surface area contributed by atoms with Crippen molar-refractivity contribution in [3.8, 4) is 11.5 Å². The summed E-state index contributed by atoms with van der Waals surface area (Å²) in [5.74, 6) is 1.26. The fourth-order valence-corrected chi connectivity index (χ4v) is 3.52. The lowest BCUT2D eigenvalue weighted by Gasteiger charge is -2.27. The Morgan fingerprint density at radius 3 is 2.25 bits per heavy atom. The van der Waals surface area contributed by atoms with Crippen molar-refractivity contribution in [3.63, 3.8) is 0 Å². The number of anilines is 1. The van der Waals surface area contributed by atoms with Gasteiger partial charge >= 0.3 is 0 Å². The Morgan fingerprint density at radius 1 is 1.04 bits per heavy atom. The highest BCUT2D eigenvalue weighted by atomic mass is 16.5. The van der Waals surface area contributed by atoms with E-state index in [9.17, 15) is 9.59 Å². The molecule has 0 radical (unpaired) electrons. The molecule has 1 aromatic rings. The molecule has 2 N–H and O–H groups in total. The molecule has 2 rings (SSSR count). The van der Waals surface area contributed by atoms with Gasteiger partial charge in [0.05, 0.1) is 19.9 Å². The van der Waals surface area contributed by atoms with Crippen LogP contribution in [0.2, 0.25) is 0 Å². The van der Waals surface area contributed by atoms with E-state index in [-0.39, 0.29) is 23.7 Å². The number of nitrogens with zero attached hydrogens (tertiary/aromatic N) is 1. The monoisotopic (exact) mass is 391 g/mol. The van der Waals surface area contributed by atoms with Crippen molar-refractivity contribution < 1.29 is 19.1 Å². The van der Waals surface area contributed by atoms with Gasteiger partial charge in [-0.2, -0.15) is 0 Å². The van der Waals surface area contributed by atoms with Crippen molar-refractivity contribution in [2.24, 2.45) is 11.8 Å². The van der Waals surface area contributed by atoms with Crippen molar-refractivity contribution in [1.29, 1.82) is 0 Å². The van der Waals surface area contributed by atoms with E-state index in [1.165, 1.54) is 0 Å². The first-order chi connectivity index (χ1) is 13.4. The molecule has 1 aromatic carbocycles. The topological polar surface area (TPSA) is 79.9 Å². The first-order valence-electron chi connectivity index (χ1n) is 9.90. The van der Waals surface area contributed by atoms with Crippen molar-refractivity contribution in [2.75, 3.05) is 46.7 Å². The number of rotatable bonds is 9. The van der Waals surface area contributed by atoms with Gasteiger partial charge in [-0.15, -0.1) is 0 Å². The second kappa shape index (κ2) is 10.9. The minimum absolute atomic E-state index is 0.00904. The third kappa shape index (κ3) is 6.41. The van der Waals surface area contributed by atoms with Gasteiger partial charge in [0, 0.05) is 24.4 Å². The number of amides is 2. The maximum atomic E-state index is 12.7. The van der Waals surface area contributed by atoms with Crippen LogP contribution in [0.5, 0.6) is 11.5 Å². The minimum atomic E-state index is -0.0892. The molecule has 0 aliphatic heterocycles. The number of ether oxygens (including phenoxy) is 2. The van der Waals surface area contributed by atoms with Gasteiger partial charge in [0.25, 0.3) is 0 Å². The van der Waals surface area contributed by atoms with Crippen LogP contribution in [0.25, 0.3) is 0 Å². The Bertz CT molecular complexity index is 655. The molecule has 0 atom stereocenters. The molecule has 156 valence electrons. The zero-order chi connectivity index (χ0) is 20.5. The van der Waals surface area contributed by atoms with Crippen LogP contribution in [0.1, 0.15) is 32.1 Å². The summed E-state index contributed by atoms with van der Waals surface area (Å²) >= 11 is 0. The average molecular weight is 392 g/mol. The van der Waals surface area contributed by atoms with Gasteiger partial charge in [0.2, 0.25) is 11.8 Å². The number of hydrogen-bond acceptors (Lipinski definition) is 5. The Hall–Kier alpha value is -2.28. The lowest BCUT2D eigenvalue weighted by atomic mass is 9.81. The van der Waals surface area contributed by atoms with Crippen LogP contribution in [0, 0.1) is 11.8 Å². The Balaban J connectivity index is 1.81. The zero-order valence-corrected chi connectivity index (χ0v) is 17.4. The molecule has 0 spiro atoms. The van der Waals surface area contributed by atoms with E-state index in [2.05, 4.69) is 15.5 Å². The average Bonchev–Trinajstić information content (AvgIpc) is 2.70. The second-order valence-corrected chi connectivity index (χ2v) is 7.55. The summed E-state index contributed by atoms with van der Waals surface area (Å²) in [4.78, 5) is 27.1. The van der Waals surface area contributed by atoms with Crippen LogP contribution in [0.15, 0.2) is 18.2 Å². The zero-order valence-electron chi connectivity index (χ0n) is 17.4. The molecule has 1 fully saturated rings. The van der Waals surface area contributed by atoms with E-state index < -0.39 is 0 Å². The number of benzene rings is 1. The third-order valence-corrected chi connectivity index (χ3v) is 5.21. The summed E-state index contributed by atoms with van der Waals surface area (Å²) in [6, 6.07) is 5.31. The number of methoxy groups -OCH3 is 2. The fraction of sp³-hybridized carbons (Fsp3) is 0.619. The van der Waals surface area contributed by atoms with Crippen LogP contribution >= 0.6 is 0 Å². The van der Waals surface area contributed by atoms with Crippen molar-refractivity contribution >= 4 is 17.5 Å². The maximum absolute atomic E-state index is 12.7. The predicted octanol–water partition coefficient (Wildman–Crippen LogP) is 2.52. The van der Waals surface area contributed by atoms with Crippen molar-refractivity contribution in [3.05, 3.63) is 18.2 Å².